The second-order valence-corrected chi connectivity index (χ2v) is 7.15. The molecule has 0 spiro atoms. The first kappa shape index (κ1) is 17.0. The van der Waals surface area contributed by atoms with Crippen LogP contribution in [0, 0.1) is 0 Å². The van der Waals surface area contributed by atoms with Gasteiger partial charge in [-0.1, -0.05) is 37.3 Å². The van der Waals surface area contributed by atoms with E-state index >= 15 is 0 Å². The molecule has 0 unspecified atom stereocenters. The lowest BCUT2D eigenvalue weighted by Gasteiger charge is -2.14. The minimum Gasteiger partial charge on any atom is -0.488 e. The number of carboxylic acid groups (broad SMARTS) is 1. The zero-order valence-electron chi connectivity index (χ0n) is 12.9. The summed E-state index contributed by atoms with van der Waals surface area (Å²) in [7, 11) is -3.61. The van der Waals surface area contributed by atoms with Crippen LogP contribution in [0.4, 0.5) is 0 Å². The van der Waals surface area contributed by atoms with E-state index in [0.29, 0.717) is 12.0 Å². The molecule has 0 aliphatic carbocycles. The number of hydrogen-bond donors (Lipinski definition) is 1. The van der Waals surface area contributed by atoms with Crippen molar-refractivity contribution < 1.29 is 23.1 Å². The molecule has 0 heterocycles. The molecule has 5 nitrogen and oxygen atoms in total. The summed E-state index contributed by atoms with van der Waals surface area (Å²) in [6, 6.07) is 12.0. The van der Waals surface area contributed by atoms with Crippen molar-refractivity contribution in [2.45, 2.75) is 24.8 Å². The first-order chi connectivity index (χ1) is 10.8. The van der Waals surface area contributed by atoms with Crippen LogP contribution in [0.15, 0.2) is 47.4 Å². The van der Waals surface area contributed by atoms with Gasteiger partial charge in [-0.15, -0.1) is 0 Å². The van der Waals surface area contributed by atoms with E-state index in [1.807, 2.05) is 37.3 Å². The van der Waals surface area contributed by atoms with Crippen molar-refractivity contribution in [3.8, 4) is 5.75 Å². The Labute approximate surface area is 135 Å². The second-order valence-electron chi connectivity index (χ2n) is 5.16. The molecule has 0 bridgehead atoms. The number of hydrogen-bond acceptors (Lipinski definition) is 4. The van der Waals surface area contributed by atoms with Crippen LogP contribution in [-0.2, 0) is 22.9 Å². The molecule has 1 N–H and O–H groups in total. The van der Waals surface area contributed by atoms with Crippen molar-refractivity contribution in [3.63, 3.8) is 0 Å². The number of sulfone groups is 1. The third kappa shape index (κ3) is 4.10. The normalized spacial score (nSPS) is 11.2. The number of carbonyl (C=O) groups is 1. The molecule has 2 aromatic carbocycles. The summed E-state index contributed by atoms with van der Waals surface area (Å²) in [5, 5.41) is 9.25. The SMILES string of the molecule is CCc1cc(OCc2ccccc2)c(S(C)(=O)=O)cc1C(=O)O. The fourth-order valence-corrected chi connectivity index (χ4v) is 3.05. The first-order valence-corrected chi connectivity index (χ1v) is 8.99. The van der Waals surface area contributed by atoms with Gasteiger partial charge in [-0.2, -0.15) is 0 Å². The Hall–Kier alpha value is -2.34. The van der Waals surface area contributed by atoms with Gasteiger partial charge in [0.2, 0.25) is 0 Å². The van der Waals surface area contributed by atoms with Gasteiger partial charge in [0.05, 0.1) is 5.56 Å². The fraction of sp³-hybridized carbons (Fsp3) is 0.235. The van der Waals surface area contributed by atoms with Crippen molar-refractivity contribution in [2.24, 2.45) is 0 Å². The largest absolute Gasteiger partial charge is 0.488 e. The second kappa shape index (κ2) is 6.83. The zero-order valence-corrected chi connectivity index (χ0v) is 13.8. The van der Waals surface area contributed by atoms with Crippen LogP contribution in [0.25, 0.3) is 0 Å². The summed E-state index contributed by atoms with van der Waals surface area (Å²) in [4.78, 5) is 11.2. The number of rotatable bonds is 6. The highest BCUT2D eigenvalue weighted by atomic mass is 32.2. The fourth-order valence-electron chi connectivity index (χ4n) is 2.23. The Morgan fingerprint density at radius 1 is 1.17 bits per heavy atom. The van der Waals surface area contributed by atoms with Gasteiger partial charge in [0.1, 0.15) is 17.3 Å². The van der Waals surface area contributed by atoms with E-state index < -0.39 is 15.8 Å². The van der Waals surface area contributed by atoms with Gasteiger partial charge in [0.25, 0.3) is 0 Å². The van der Waals surface area contributed by atoms with Crippen molar-refractivity contribution >= 4 is 15.8 Å². The van der Waals surface area contributed by atoms with E-state index in [0.717, 1.165) is 11.8 Å². The van der Waals surface area contributed by atoms with Crippen molar-refractivity contribution in [1.82, 2.24) is 0 Å². The Morgan fingerprint density at radius 2 is 1.83 bits per heavy atom. The minimum absolute atomic E-state index is 0.0139. The Balaban J connectivity index is 2.46. The summed E-state index contributed by atoms with van der Waals surface area (Å²) in [5.74, 6) is -0.973. The lowest BCUT2D eigenvalue weighted by molar-refractivity contribution is 0.0695. The lowest BCUT2D eigenvalue weighted by atomic mass is 10.0. The lowest BCUT2D eigenvalue weighted by Crippen LogP contribution is -2.09. The predicted molar refractivity (Wildman–Crippen MR) is 86.7 cm³/mol. The van der Waals surface area contributed by atoms with Crippen LogP contribution in [-0.4, -0.2) is 25.7 Å². The van der Waals surface area contributed by atoms with Crippen molar-refractivity contribution in [3.05, 3.63) is 59.2 Å². The van der Waals surface area contributed by atoms with E-state index in [-0.39, 0.29) is 22.8 Å². The van der Waals surface area contributed by atoms with Crippen molar-refractivity contribution in [2.75, 3.05) is 6.26 Å². The maximum atomic E-state index is 12.0. The molecule has 0 aromatic heterocycles. The van der Waals surface area contributed by atoms with Gasteiger partial charge in [-0.25, -0.2) is 13.2 Å². The van der Waals surface area contributed by atoms with E-state index in [2.05, 4.69) is 0 Å². The highest BCUT2D eigenvalue weighted by Gasteiger charge is 2.21. The number of aromatic carboxylic acids is 1. The molecule has 0 atom stereocenters. The summed E-state index contributed by atoms with van der Waals surface area (Å²) < 4.78 is 29.6. The molecule has 0 fully saturated rings. The molecule has 23 heavy (non-hydrogen) atoms. The van der Waals surface area contributed by atoms with Crippen LogP contribution in [0.1, 0.15) is 28.4 Å². The number of benzene rings is 2. The number of ether oxygens (including phenoxy) is 1. The molecule has 6 heteroatoms. The molecular formula is C17H18O5S. The predicted octanol–water partition coefficient (Wildman–Crippen LogP) is 2.93. The molecule has 2 aromatic rings. The minimum atomic E-state index is -3.61. The van der Waals surface area contributed by atoms with E-state index in [1.54, 1.807) is 0 Å². The Bertz CT molecular complexity index is 810. The van der Waals surface area contributed by atoms with Crippen molar-refractivity contribution in [1.29, 1.82) is 0 Å². The highest BCUT2D eigenvalue weighted by Crippen LogP contribution is 2.29. The number of carboxylic acids is 1. The third-order valence-corrected chi connectivity index (χ3v) is 4.54. The van der Waals surface area contributed by atoms with Gasteiger partial charge in [-0.3, -0.25) is 0 Å². The average molecular weight is 334 g/mol. The Kier molecular flexibility index (Phi) is 5.05. The molecule has 2 rings (SSSR count). The van der Waals surface area contributed by atoms with Crippen LogP contribution in [0.3, 0.4) is 0 Å². The molecule has 0 saturated carbocycles. The summed E-state index contributed by atoms with van der Waals surface area (Å²) >= 11 is 0. The summed E-state index contributed by atoms with van der Waals surface area (Å²) in [6.07, 6.45) is 1.50. The van der Waals surface area contributed by atoms with Crippen LogP contribution < -0.4 is 4.74 Å². The molecule has 0 amide bonds. The van der Waals surface area contributed by atoms with Gasteiger partial charge < -0.3 is 9.84 Å². The third-order valence-electron chi connectivity index (χ3n) is 3.42. The molecular weight excluding hydrogens is 316 g/mol. The van der Waals surface area contributed by atoms with E-state index in [1.165, 1.54) is 12.1 Å². The molecule has 0 aliphatic rings. The summed E-state index contributed by atoms with van der Waals surface area (Å²) in [6.45, 7) is 2.02. The average Bonchev–Trinajstić information content (AvgIpc) is 2.51. The maximum Gasteiger partial charge on any atom is 0.336 e. The molecule has 0 aliphatic heterocycles. The van der Waals surface area contributed by atoms with Crippen LogP contribution >= 0.6 is 0 Å². The Morgan fingerprint density at radius 3 is 2.35 bits per heavy atom. The van der Waals surface area contributed by atoms with Crippen LogP contribution in [0.5, 0.6) is 5.75 Å². The molecule has 0 radical (unpaired) electrons. The quantitative estimate of drug-likeness (QED) is 0.878. The molecule has 122 valence electrons. The van der Waals surface area contributed by atoms with Crippen LogP contribution in [0.2, 0.25) is 0 Å². The van der Waals surface area contributed by atoms with E-state index in [4.69, 9.17) is 4.74 Å². The topological polar surface area (TPSA) is 80.7 Å². The van der Waals surface area contributed by atoms with Gasteiger partial charge in [-0.05, 0) is 29.7 Å². The number of aryl methyl sites for hydroxylation is 1. The highest BCUT2D eigenvalue weighted by molar-refractivity contribution is 7.90. The zero-order chi connectivity index (χ0) is 17.0. The van der Waals surface area contributed by atoms with Gasteiger partial charge >= 0.3 is 5.97 Å². The van der Waals surface area contributed by atoms with E-state index in [9.17, 15) is 18.3 Å². The monoisotopic (exact) mass is 334 g/mol. The molecule has 0 saturated heterocycles. The van der Waals surface area contributed by atoms with Gasteiger partial charge in [0, 0.05) is 6.26 Å². The first-order valence-electron chi connectivity index (χ1n) is 7.10. The van der Waals surface area contributed by atoms with Gasteiger partial charge in [0.15, 0.2) is 9.84 Å². The maximum absolute atomic E-state index is 12.0. The smallest absolute Gasteiger partial charge is 0.336 e. The standard InChI is InChI=1S/C17H18O5S/c1-3-13-9-15(22-11-12-7-5-4-6-8-12)16(23(2,20)21)10-14(13)17(18)19/h4-10H,3,11H2,1-2H3,(H,18,19). The summed E-state index contributed by atoms with van der Waals surface area (Å²) in [5.41, 5.74) is 1.42.